The van der Waals surface area contributed by atoms with E-state index in [1.54, 1.807) is 0 Å². The first kappa shape index (κ1) is 18.2. The number of hydrogen-bond acceptors (Lipinski definition) is 3. The second kappa shape index (κ2) is 9.18. The highest BCUT2D eigenvalue weighted by molar-refractivity contribution is 5.85. The van der Waals surface area contributed by atoms with Gasteiger partial charge in [0.1, 0.15) is 5.75 Å². The maximum absolute atomic E-state index is 10.0. The van der Waals surface area contributed by atoms with E-state index in [4.69, 9.17) is 10.5 Å². The molecule has 110 valence electrons. The zero-order valence-electron chi connectivity index (χ0n) is 12.0. The Morgan fingerprint density at radius 3 is 2.21 bits per heavy atom. The zero-order chi connectivity index (χ0) is 13.5. The maximum Gasteiger partial charge on any atom is 0.119 e. The minimum Gasteiger partial charge on any atom is -0.494 e. The van der Waals surface area contributed by atoms with Crippen LogP contribution in [-0.4, -0.2) is 17.8 Å². The summed E-state index contributed by atoms with van der Waals surface area (Å²) in [5, 5.41) is 10.0. The topological polar surface area (TPSA) is 55.5 Å². The predicted octanol–water partition coefficient (Wildman–Crippen LogP) is 3.30. The number of aliphatic hydroxyl groups excluding tert-OH is 1. The van der Waals surface area contributed by atoms with E-state index in [1.807, 2.05) is 31.2 Å². The Balaban J connectivity index is 0.00000324. The molecule has 0 aliphatic rings. The molecule has 0 radical (unpaired) electrons. The fourth-order valence-corrected chi connectivity index (χ4v) is 1.86. The first-order valence-electron chi connectivity index (χ1n) is 6.71. The molecule has 0 aliphatic heterocycles. The summed E-state index contributed by atoms with van der Waals surface area (Å²) in [7, 11) is 0. The van der Waals surface area contributed by atoms with Gasteiger partial charge in [-0.05, 0) is 43.4 Å². The van der Waals surface area contributed by atoms with E-state index < -0.39 is 6.10 Å². The molecule has 0 amide bonds. The van der Waals surface area contributed by atoms with E-state index in [9.17, 15) is 5.11 Å². The molecule has 1 rings (SSSR count). The minimum absolute atomic E-state index is 0. The van der Waals surface area contributed by atoms with Crippen LogP contribution >= 0.6 is 12.4 Å². The number of rotatable bonds is 7. The fraction of sp³-hybridized carbons (Fsp3) is 0.600. The molecule has 1 aromatic rings. The van der Waals surface area contributed by atoms with Crippen molar-refractivity contribution in [3.8, 4) is 5.75 Å². The highest BCUT2D eigenvalue weighted by Gasteiger charge is 2.16. The molecular formula is C15H26ClNO2. The molecule has 0 saturated heterocycles. The molecular weight excluding hydrogens is 262 g/mol. The molecule has 3 N–H and O–H groups in total. The van der Waals surface area contributed by atoms with Gasteiger partial charge in [0.15, 0.2) is 0 Å². The average molecular weight is 288 g/mol. The molecule has 1 aromatic carbocycles. The quantitative estimate of drug-likeness (QED) is 0.809. The molecule has 0 bridgehead atoms. The molecule has 0 aromatic heterocycles. The molecule has 2 atom stereocenters. The third-order valence-electron chi connectivity index (χ3n) is 3.03. The van der Waals surface area contributed by atoms with Crippen LogP contribution in [0.25, 0.3) is 0 Å². The molecule has 0 fully saturated rings. The maximum atomic E-state index is 10.0. The van der Waals surface area contributed by atoms with Crippen LogP contribution < -0.4 is 10.5 Å². The van der Waals surface area contributed by atoms with Crippen molar-refractivity contribution in [3.05, 3.63) is 29.8 Å². The van der Waals surface area contributed by atoms with Gasteiger partial charge < -0.3 is 15.6 Å². The Labute approximate surface area is 122 Å². The van der Waals surface area contributed by atoms with Crippen molar-refractivity contribution < 1.29 is 9.84 Å². The summed E-state index contributed by atoms with van der Waals surface area (Å²) in [6, 6.07) is 7.32. The molecule has 4 heteroatoms. The Morgan fingerprint density at radius 2 is 1.74 bits per heavy atom. The van der Waals surface area contributed by atoms with Gasteiger partial charge in [-0.1, -0.05) is 26.0 Å². The fourth-order valence-electron chi connectivity index (χ4n) is 1.86. The number of halogens is 1. The number of aliphatic hydroxyl groups is 1. The standard InChI is InChI=1S/C15H25NO2.ClH/c1-4-18-13-8-6-12(7-9-13)15(16)14(17)10-5-11(2)3;/h6-9,11,14-15,17H,4-5,10,16H2,1-3H3;1H/t14-,15+;/m1./s1. The Morgan fingerprint density at radius 1 is 1.16 bits per heavy atom. The van der Waals surface area contributed by atoms with Gasteiger partial charge in [-0.15, -0.1) is 12.4 Å². The number of benzene rings is 1. The lowest BCUT2D eigenvalue weighted by molar-refractivity contribution is 0.128. The third kappa shape index (κ3) is 6.28. The van der Waals surface area contributed by atoms with Crippen LogP contribution in [0.5, 0.6) is 5.75 Å². The van der Waals surface area contributed by atoms with E-state index in [0.717, 1.165) is 24.2 Å². The van der Waals surface area contributed by atoms with E-state index in [2.05, 4.69) is 13.8 Å². The molecule has 0 spiro atoms. The Hall–Kier alpha value is -0.770. The van der Waals surface area contributed by atoms with Gasteiger partial charge in [-0.2, -0.15) is 0 Å². The first-order valence-corrected chi connectivity index (χ1v) is 6.71. The normalized spacial score (nSPS) is 13.8. The van der Waals surface area contributed by atoms with Crippen LogP contribution in [0, 0.1) is 5.92 Å². The molecule has 0 unspecified atom stereocenters. The van der Waals surface area contributed by atoms with Crippen molar-refractivity contribution in [1.82, 2.24) is 0 Å². The SMILES string of the molecule is CCOc1ccc([C@H](N)[C@H](O)CCC(C)C)cc1.Cl. The number of hydrogen-bond donors (Lipinski definition) is 2. The summed E-state index contributed by atoms with van der Waals surface area (Å²) >= 11 is 0. The van der Waals surface area contributed by atoms with Gasteiger partial charge in [-0.25, -0.2) is 0 Å². The van der Waals surface area contributed by atoms with Gasteiger partial charge in [0.05, 0.1) is 18.8 Å². The largest absolute Gasteiger partial charge is 0.494 e. The van der Waals surface area contributed by atoms with Gasteiger partial charge in [-0.3, -0.25) is 0 Å². The van der Waals surface area contributed by atoms with Crippen molar-refractivity contribution >= 4 is 12.4 Å². The predicted molar refractivity (Wildman–Crippen MR) is 81.9 cm³/mol. The number of nitrogens with two attached hydrogens (primary N) is 1. The lowest BCUT2D eigenvalue weighted by Crippen LogP contribution is -2.26. The van der Waals surface area contributed by atoms with Gasteiger partial charge in [0, 0.05) is 0 Å². The summed E-state index contributed by atoms with van der Waals surface area (Å²) < 4.78 is 5.38. The van der Waals surface area contributed by atoms with Gasteiger partial charge in [0.25, 0.3) is 0 Å². The van der Waals surface area contributed by atoms with Crippen molar-refractivity contribution in [1.29, 1.82) is 0 Å². The number of ether oxygens (including phenoxy) is 1. The Bertz CT molecular complexity index is 341. The van der Waals surface area contributed by atoms with Crippen molar-refractivity contribution in [2.24, 2.45) is 11.7 Å². The zero-order valence-corrected chi connectivity index (χ0v) is 12.8. The highest BCUT2D eigenvalue weighted by atomic mass is 35.5. The average Bonchev–Trinajstić information content (AvgIpc) is 2.36. The van der Waals surface area contributed by atoms with Crippen LogP contribution in [0.3, 0.4) is 0 Å². The van der Waals surface area contributed by atoms with E-state index >= 15 is 0 Å². The molecule has 3 nitrogen and oxygen atoms in total. The van der Waals surface area contributed by atoms with E-state index in [1.165, 1.54) is 0 Å². The molecule has 0 heterocycles. The lowest BCUT2D eigenvalue weighted by Gasteiger charge is -2.20. The molecule has 0 aliphatic carbocycles. The lowest BCUT2D eigenvalue weighted by atomic mass is 9.96. The smallest absolute Gasteiger partial charge is 0.119 e. The monoisotopic (exact) mass is 287 g/mol. The molecule has 0 saturated carbocycles. The summed E-state index contributed by atoms with van der Waals surface area (Å²) in [4.78, 5) is 0. The van der Waals surface area contributed by atoms with Crippen LogP contribution in [-0.2, 0) is 0 Å². The summed E-state index contributed by atoms with van der Waals surface area (Å²) in [5.41, 5.74) is 7.01. The van der Waals surface area contributed by atoms with Crippen LogP contribution in [0.4, 0.5) is 0 Å². The summed E-state index contributed by atoms with van der Waals surface area (Å²) in [5.74, 6) is 1.43. The molecule has 19 heavy (non-hydrogen) atoms. The second-order valence-electron chi connectivity index (χ2n) is 5.07. The summed E-state index contributed by atoms with van der Waals surface area (Å²) in [6.07, 6.45) is 1.25. The van der Waals surface area contributed by atoms with Crippen LogP contribution in [0.2, 0.25) is 0 Å². The first-order chi connectivity index (χ1) is 8.54. The van der Waals surface area contributed by atoms with Crippen molar-refractivity contribution in [2.75, 3.05) is 6.61 Å². The summed E-state index contributed by atoms with van der Waals surface area (Å²) in [6.45, 7) is 6.90. The van der Waals surface area contributed by atoms with Gasteiger partial charge >= 0.3 is 0 Å². The van der Waals surface area contributed by atoms with Crippen molar-refractivity contribution in [3.63, 3.8) is 0 Å². The highest BCUT2D eigenvalue weighted by Crippen LogP contribution is 2.21. The van der Waals surface area contributed by atoms with Crippen LogP contribution in [0.1, 0.15) is 45.2 Å². The van der Waals surface area contributed by atoms with Crippen molar-refractivity contribution in [2.45, 2.75) is 45.8 Å². The minimum atomic E-state index is -0.481. The van der Waals surface area contributed by atoms with E-state index in [0.29, 0.717) is 12.5 Å². The third-order valence-corrected chi connectivity index (χ3v) is 3.03. The second-order valence-corrected chi connectivity index (χ2v) is 5.07. The Kier molecular flexibility index (Phi) is 8.81. The van der Waals surface area contributed by atoms with E-state index in [-0.39, 0.29) is 18.4 Å². The van der Waals surface area contributed by atoms with Crippen LogP contribution in [0.15, 0.2) is 24.3 Å². The van der Waals surface area contributed by atoms with Gasteiger partial charge in [0.2, 0.25) is 0 Å².